The Morgan fingerprint density at radius 1 is 1.16 bits per heavy atom. The molecule has 0 spiro atoms. The maximum atomic E-state index is 13.3. The molecule has 4 rings (SSSR count). The normalized spacial score (nSPS) is 12.1. The predicted molar refractivity (Wildman–Crippen MR) is 168 cm³/mol. The molecule has 0 saturated carbocycles. The van der Waals surface area contributed by atoms with Gasteiger partial charge >= 0.3 is 0 Å². The molecule has 37 heavy (non-hydrogen) atoms. The van der Waals surface area contributed by atoms with Gasteiger partial charge in [-0.3, -0.25) is 9.59 Å². The van der Waals surface area contributed by atoms with Gasteiger partial charge in [0.25, 0.3) is 11.5 Å². The maximum absolute atomic E-state index is 13.3. The van der Waals surface area contributed by atoms with Crippen LogP contribution in [0.4, 0.5) is 5.69 Å². The zero-order valence-corrected chi connectivity index (χ0v) is 25.9. The molecule has 7 nitrogen and oxygen atoms in total. The molecule has 0 radical (unpaired) electrons. The molecule has 0 aliphatic rings. The molecule has 0 saturated heterocycles. The summed E-state index contributed by atoms with van der Waals surface area (Å²) in [6.07, 6.45) is 2.47. The summed E-state index contributed by atoms with van der Waals surface area (Å²) >= 11 is 7.78. The molecule has 0 unspecified atom stereocenters. The van der Waals surface area contributed by atoms with E-state index in [1.165, 1.54) is 4.68 Å². The SMILES string of the molecule is CC[C@H](C)c1nc2ccc(Br)cc2c(=O)n1N=Cc1cc(I)c(OCC(=O)Nc2ccccc2)c(I)c1. The first-order valence-corrected chi connectivity index (χ1v) is 14.4. The van der Waals surface area contributed by atoms with Crippen LogP contribution in [0.1, 0.15) is 37.6 Å². The molecule has 10 heteroatoms. The number of nitrogens with one attached hydrogen (secondary N) is 1. The Balaban J connectivity index is 1.58. The molecule has 0 aliphatic carbocycles. The van der Waals surface area contributed by atoms with Gasteiger partial charge in [0.2, 0.25) is 0 Å². The number of rotatable bonds is 8. The van der Waals surface area contributed by atoms with Gasteiger partial charge in [0.05, 0.1) is 24.3 Å². The number of fused-ring (bicyclic) bond motifs is 1. The van der Waals surface area contributed by atoms with Gasteiger partial charge in [0.1, 0.15) is 11.6 Å². The quantitative estimate of drug-likeness (QED) is 0.158. The molecule has 1 N–H and O–H groups in total. The standard InChI is InChI=1S/C27H23BrI2N4O3/c1-3-16(2)26-33-23-10-9-18(28)13-20(23)27(36)34(26)31-14-17-11-21(29)25(22(30)12-17)37-15-24(35)32-19-7-5-4-6-8-19/h4-14,16H,3,15H2,1-2H3,(H,32,35)/t16-/m0/s1. The zero-order valence-electron chi connectivity index (χ0n) is 20.0. The van der Waals surface area contributed by atoms with Crippen molar-refractivity contribution in [3.05, 3.63) is 94.0 Å². The van der Waals surface area contributed by atoms with Gasteiger partial charge in [-0.2, -0.15) is 9.78 Å². The van der Waals surface area contributed by atoms with Crippen LogP contribution < -0.4 is 15.6 Å². The van der Waals surface area contributed by atoms with Gasteiger partial charge in [-0.15, -0.1) is 0 Å². The lowest BCUT2D eigenvalue weighted by Gasteiger charge is -2.14. The van der Waals surface area contributed by atoms with Crippen LogP contribution in [-0.4, -0.2) is 28.4 Å². The minimum atomic E-state index is -0.240. The number of para-hydroxylation sites is 1. The van der Waals surface area contributed by atoms with E-state index < -0.39 is 0 Å². The molecule has 1 atom stereocenters. The lowest BCUT2D eigenvalue weighted by atomic mass is 10.1. The Morgan fingerprint density at radius 3 is 2.54 bits per heavy atom. The van der Waals surface area contributed by atoms with E-state index >= 15 is 0 Å². The lowest BCUT2D eigenvalue weighted by Crippen LogP contribution is -2.23. The van der Waals surface area contributed by atoms with Crippen LogP contribution in [0.25, 0.3) is 10.9 Å². The Hall–Kier alpha value is -2.32. The lowest BCUT2D eigenvalue weighted by molar-refractivity contribution is -0.118. The van der Waals surface area contributed by atoms with Gasteiger partial charge in [0, 0.05) is 16.1 Å². The number of carbonyl (C=O) groups excluding carboxylic acids is 1. The molecular formula is C27H23BrI2N4O3. The van der Waals surface area contributed by atoms with Crippen LogP contribution >= 0.6 is 61.1 Å². The van der Waals surface area contributed by atoms with Crippen LogP contribution in [0, 0.1) is 7.14 Å². The van der Waals surface area contributed by atoms with E-state index in [4.69, 9.17) is 9.72 Å². The molecule has 3 aromatic carbocycles. The topological polar surface area (TPSA) is 85.6 Å². The fourth-order valence-electron chi connectivity index (χ4n) is 3.55. The minimum absolute atomic E-state index is 0.0518. The molecule has 1 amide bonds. The summed E-state index contributed by atoms with van der Waals surface area (Å²) in [5, 5.41) is 7.86. The summed E-state index contributed by atoms with van der Waals surface area (Å²) < 4.78 is 9.67. The first kappa shape index (κ1) is 27.7. The van der Waals surface area contributed by atoms with Gasteiger partial charge < -0.3 is 10.1 Å². The smallest absolute Gasteiger partial charge is 0.282 e. The number of anilines is 1. The van der Waals surface area contributed by atoms with E-state index in [0.29, 0.717) is 22.5 Å². The fourth-order valence-corrected chi connectivity index (χ4v) is 6.04. The summed E-state index contributed by atoms with van der Waals surface area (Å²) in [6.45, 7) is 3.98. The summed E-state index contributed by atoms with van der Waals surface area (Å²) in [7, 11) is 0. The van der Waals surface area contributed by atoms with E-state index in [1.807, 2.05) is 61.5 Å². The third kappa shape index (κ3) is 6.77. The Labute approximate surface area is 250 Å². The molecule has 0 bridgehead atoms. The number of ether oxygens (including phenoxy) is 1. The highest BCUT2D eigenvalue weighted by atomic mass is 127. The van der Waals surface area contributed by atoms with Crippen molar-refractivity contribution in [1.82, 2.24) is 9.66 Å². The number of nitrogens with zero attached hydrogens (tertiary/aromatic N) is 3. The molecule has 1 aromatic heterocycles. The molecule has 0 fully saturated rings. The highest BCUT2D eigenvalue weighted by Gasteiger charge is 2.16. The largest absolute Gasteiger partial charge is 0.482 e. The van der Waals surface area contributed by atoms with E-state index in [0.717, 1.165) is 29.3 Å². The van der Waals surface area contributed by atoms with E-state index in [1.54, 1.807) is 12.3 Å². The van der Waals surface area contributed by atoms with Crippen LogP contribution in [-0.2, 0) is 4.79 Å². The number of aromatic nitrogens is 2. The first-order valence-electron chi connectivity index (χ1n) is 11.5. The second-order valence-electron chi connectivity index (χ2n) is 8.32. The predicted octanol–water partition coefficient (Wildman–Crippen LogP) is 6.78. The van der Waals surface area contributed by atoms with Crippen LogP contribution in [0.3, 0.4) is 0 Å². The van der Waals surface area contributed by atoms with E-state index in [9.17, 15) is 9.59 Å². The first-order chi connectivity index (χ1) is 17.8. The van der Waals surface area contributed by atoms with Crippen molar-refractivity contribution in [1.29, 1.82) is 0 Å². The number of benzene rings is 3. The van der Waals surface area contributed by atoms with Crippen LogP contribution in [0.5, 0.6) is 5.75 Å². The molecule has 1 heterocycles. The van der Waals surface area contributed by atoms with Crippen molar-refractivity contribution in [2.75, 3.05) is 11.9 Å². The van der Waals surface area contributed by atoms with Crippen molar-refractivity contribution in [3.8, 4) is 5.75 Å². The third-order valence-electron chi connectivity index (χ3n) is 5.63. The summed E-state index contributed by atoms with van der Waals surface area (Å²) in [4.78, 5) is 30.4. The highest BCUT2D eigenvalue weighted by molar-refractivity contribution is 14.1. The molecule has 0 aliphatic heterocycles. The summed E-state index contributed by atoms with van der Waals surface area (Å²) in [5.41, 5.74) is 1.95. The molecule has 4 aromatic rings. The van der Waals surface area contributed by atoms with E-state index in [-0.39, 0.29) is 24.0 Å². The zero-order chi connectivity index (χ0) is 26.5. The van der Waals surface area contributed by atoms with Gasteiger partial charge in [-0.05, 0) is 99.6 Å². The minimum Gasteiger partial charge on any atom is -0.482 e. The van der Waals surface area contributed by atoms with Crippen molar-refractivity contribution >= 4 is 89.8 Å². The number of hydrogen-bond donors (Lipinski definition) is 1. The third-order valence-corrected chi connectivity index (χ3v) is 7.73. The Morgan fingerprint density at radius 2 is 1.86 bits per heavy atom. The van der Waals surface area contributed by atoms with Gasteiger partial charge in [-0.25, -0.2) is 4.98 Å². The molecule has 190 valence electrons. The van der Waals surface area contributed by atoms with Crippen molar-refractivity contribution in [2.24, 2.45) is 5.10 Å². The maximum Gasteiger partial charge on any atom is 0.282 e. The highest BCUT2D eigenvalue weighted by Crippen LogP contribution is 2.29. The fraction of sp³-hybridized carbons (Fsp3) is 0.185. The van der Waals surface area contributed by atoms with Crippen molar-refractivity contribution < 1.29 is 9.53 Å². The average molecular weight is 785 g/mol. The monoisotopic (exact) mass is 784 g/mol. The number of hydrogen-bond acceptors (Lipinski definition) is 5. The summed E-state index contributed by atoms with van der Waals surface area (Å²) in [5.74, 6) is 1.05. The number of amides is 1. The van der Waals surface area contributed by atoms with Crippen molar-refractivity contribution in [2.45, 2.75) is 26.2 Å². The van der Waals surface area contributed by atoms with Crippen molar-refractivity contribution in [3.63, 3.8) is 0 Å². The number of halogens is 3. The van der Waals surface area contributed by atoms with Gasteiger partial charge in [-0.1, -0.05) is 48.0 Å². The van der Waals surface area contributed by atoms with Crippen LogP contribution in [0.2, 0.25) is 0 Å². The number of carbonyl (C=O) groups is 1. The van der Waals surface area contributed by atoms with Crippen LogP contribution in [0.15, 0.2) is 75.0 Å². The average Bonchev–Trinajstić information content (AvgIpc) is 2.88. The van der Waals surface area contributed by atoms with Gasteiger partial charge in [0.15, 0.2) is 6.61 Å². The second kappa shape index (κ2) is 12.5. The van der Waals surface area contributed by atoms with E-state index in [2.05, 4.69) is 78.5 Å². The second-order valence-corrected chi connectivity index (χ2v) is 11.6. The molecular weight excluding hydrogens is 762 g/mol. The summed E-state index contributed by atoms with van der Waals surface area (Å²) in [6, 6.07) is 18.5. The Bertz CT molecular complexity index is 1520. The Kier molecular flexibility index (Phi) is 9.35.